The molecule has 0 saturated carbocycles. The Hall–Kier alpha value is -0.900. The number of ether oxygens (including phenoxy) is 2. The van der Waals surface area contributed by atoms with Gasteiger partial charge in [-0.25, -0.2) is 0 Å². The van der Waals surface area contributed by atoms with Gasteiger partial charge in [0.2, 0.25) is 0 Å². The number of nitrogens with two attached hydrogens (primary N) is 1. The zero-order valence-electron chi connectivity index (χ0n) is 10.2. The standard InChI is InChI=1S/C14H21NO2/c15-8-14-7-6-13(11-17-14)10-16-9-12-4-2-1-3-5-12/h1-5,13-14H,6-11,15H2/t13-,14+/m0/s1. The summed E-state index contributed by atoms with van der Waals surface area (Å²) in [5, 5.41) is 0. The van der Waals surface area contributed by atoms with E-state index in [0.29, 0.717) is 19.1 Å². The SMILES string of the molecule is NC[C@H]1CC[C@@H](COCc2ccccc2)CO1. The molecule has 2 rings (SSSR count). The summed E-state index contributed by atoms with van der Waals surface area (Å²) >= 11 is 0. The van der Waals surface area contributed by atoms with Crippen molar-refractivity contribution in [3.05, 3.63) is 35.9 Å². The van der Waals surface area contributed by atoms with Gasteiger partial charge in [0.1, 0.15) is 0 Å². The van der Waals surface area contributed by atoms with Crippen LogP contribution in [0.5, 0.6) is 0 Å². The third-order valence-electron chi connectivity index (χ3n) is 3.19. The number of hydrogen-bond acceptors (Lipinski definition) is 3. The highest BCUT2D eigenvalue weighted by Crippen LogP contribution is 2.18. The Morgan fingerprint density at radius 2 is 2.06 bits per heavy atom. The van der Waals surface area contributed by atoms with E-state index in [1.807, 2.05) is 18.2 Å². The van der Waals surface area contributed by atoms with Crippen LogP contribution in [-0.4, -0.2) is 25.9 Å². The Morgan fingerprint density at radius 1 is 1.24 bits per heavy atom. The summed E-state index contributed by atoms with van der Waals surface area (Å²) in [7, 11) is 0. The Bertz CT molecular complexity index is 307. The molecule has 3 nitrogen and oxygen atoms in total. The minimum Gasteiger partial charge on any atom is -0.377 e. The maximum absolute atomic E-state index is 5.72. The molecule has 1 aromatic rings. The Labute approximate surface area is 103 Å². The lowest BCUT2D eigenvalue weighted by Gasteiger charge is -2.28. The Balaban J connectivity index is 1.63. The second-order valence-corrected chi connectivity index (χ2v) is 4.64. The summed E-state index contributed by atoms with van der Waals surface area (Å²) in [4.78, 5) is 0. The van der Waals surface area contributed by atoms with Gasteiger partial charge in [0.15, 0.2) is 0 Å². The monoisotopic (exact) mass is 235 g/mol. The fraction of sp³-hybridized carbons (Fsp3) is 0.571. The van der Waals surface area contributed by atoms with Crippen LogP contribution in [0.25, 0.3) is 0 Å². The summed E-state index contributed by atoms with van der Waals surface area (Å²) in [6, 6.07) is 10.3. The van der Waals surface area contributed by atoms with Gasteiger partial charge in [-0.2, -0.15) is 0 Å². The van der Waals surface area contributed by atoms with Gasteiger partial charge in [-0.15, -0.1) is 0 Å². The first-order valence-corrected chi connectivity index (χ1v) is 6.32. The van der Waals surface area contributed by atoms with E-state index >= 15 is 0 Å². The van der Waals surface area contributed by atoms with E-state index in [9.17, 15) is 0 Å². The highest BCUT2D eigenvalue weighted by atomic mass is 16.5. The average Bonchev–Trinajstić information content (AvgIpc) is 2.41. The maximum Gasteiger partial charge on any atom is 0.0717 e. The summed E-state index contributed by atoms with van der Waals surface area (Å²) in [6.45, 7) is 2.90. The van der Waals surface area contributed by atoms with Crippen molar-refractivity contribution >= 4 is 0 Å². The molecule has 0 amide bonds. The van der Waals surface area contributed by atoms with Gasteiger partial charge in [-0.1, -0.05) is 30.3 Å². The van der Waals surface area contributed by atoms with E-state index < -0.39 is 0 Å². The molecule has 0 unspecified atom stereocenters. The molecule has 0 spiro atoms. The normalized spacial score (nSPS) is 24.8. The van der Waals surface area contributed by atoms with Gasteiger partial charge < -0.3 is 15.2 Å². The lowest BCUT2D eigenvalue weighted by Crippen LogP contribution is -2.33. The maximum atomic E-state index is 5.72. The van der Waals surface area contributed by atoms with Gasteiger partial charge in [-0.05, 0) is 18.4 Å². The van der Waals surface area contributed by atoms with Crippen molar-refractivity contribution in [2.45, 2.75) is 25.6 Å². The van der Waals surface area contributed by atoms with Crippen molar-refractivity contribution in [2.24, 2.45) is 11.7 Å². The molecular formula is C14H21NO2. The van der Waals surface area contributed by atoms with Gasteiger partial charge in [0.05, 0.1) is 25.9 Å². The number of hydrogen-bond donors (Lipinski definition) is 1. The van der Waals surface area contributed by atoms with E-state index in [-0.39, 0.29) is 6.10 Å². The quantitative estimate of drug-likeness (QED) is 0.848. The molecule has 1 saturated heterocycles. The molecule has 0 radical (unpaired) electrons. The van der Waals surface area contributed by atoms with E-state index in [4.69, 9.17) is 15.2 Å². The average molecular weight is 235 g/mol. The van der Waals surface area contributed by atoms with Crippen LogP contribution in [-0.2, 0) is 16.1 Å². The van der Waals surface area contributed by atoms with Crippen molar-refractivity contribution in [3.63, 3.8) is 0 Å². The molecule has 3 heteroatoms. The lowest BCUT2D eigenvalue weighted by molar-refractivity contribution is -0.0403. The molecular weight excluding hydrogens is 214 g/mol. The van der Waals surface area contributed by atoms with Gasteiger partial charge in [0.25, 0.3) is 0 Å². The second-order valence-electron chi connectivity index (χ2n) is 4.64. The molecule has 0 aliphatic carbocycles. The lowest BCUT2D eigenvalue weighted by atomic mass is 9.99. The van der Waals surface area contributed by atoms with Gasteiger partial charge in [-0.3, -0.25) is 0 Å². The van der Waals surface area contributed by atoms with Crippen LogP contribution in [0.4, 0.5) is 0 Å². The van der Waals surface area contributed by atoms with Crippen molar-refractivity contribution in [1.29, 1.82) is 0 Å². The van der Waals surface area contributed by atoms with Crippen LogP contribution < -0.4 is 5.73 Å². The minimum absolute atomic E-state index is 0.264. The Morgan fingerprint density at radius 3 is 2.71 bits per heavy atom. The first-order valence-electron chi connectivity index (χ1n) is 6.32. The first-order chi connectivity index (χ1) is 8.38. The molecule has 1 aliphatic rings. The fourth-order valence-electron chi connectivity index (χ4n) is 2.10. The molecule has 94 valence electrons. The second kappa shape index (κ2) is 6.74. The number of benzene rings is 1. The van der Waals surface area contributed by atoms with E-state index in [0.717, 1.165) is 26.1 Å². The fourth-order valence-corrected chi connectivity index (χ4v) is 2.10. The van der Waals surface area contributed by atoms with Crippen LogP contribution >= 0.6 is 0 Å². The predicted octanol–water partition coefficient (Wildman–Crippen LogP) is 1.96. The molecule has 17 heavy (non-hydrogen) atoms. The molecule has 2 N–H and O–H groups in total. The largest absolute Gasteiger partial charge is 0.377 e. The summed E-state index contributed by atoms with van der Waals surface area (Å²) in [5.74, 6) is 0.529. The molecule has 1 heterocycles. The van der Waals surface area contributed by atoms with E-state index in [1.54, 1.807) is 0 Å². The summed E-state index contributed by atoms with van der Waals surface area (Å²) in [6.07, 6.45) is 2.49. The van der Waals surface area contributed by atoms with Gasteiger partial charge in [0, 0.05) is 12.5 Å². The third-order valence-corrected chi connectivity index (χ3v) is 3.19. The predicted molar refractivity (Wildman–Crippen MR) is 67.6 cm³/mol. The van der Waals surface area contributed by atoms with Crippen molar-refractivity contribution < 1.29 is 9.47 Å². The zero-order chi connectivity index (χ0) is 11.9. The van der Waals surface area contributed by atoms with E-state index in [1.165, 1.54) is 5.56 Å². The van der Waals surface area contributed by atoms with Crippen molar-refractivity contribution in [1.82, 2.24) is 0 Å². The smallest absolute Gasteiger partial charge is 0.0717 e. The molecule has 0 aromatic heterocycles. The Kier molecular flexibility index (Phi) is 4.98. The number of rotatable bonds is 5. The molecule has 2 atom stereocenters. The van der Waals surface area contributed by atoms with E-state index in [2.05, 4.69) is 12.1 Å². The van der Waals surface area contributed by atoms with Crippen LogP contribution in [0.1, 0.15) is 18.4 Å². The van der Waals surface area contributed by atoms with Crippen LogP contribution in [0.2, 0.25) is 0 Å². The third kappa shape index (κ3) is 4.11. The van der Waals surface area contributed by atoms with Crippen molar-refractivity contribution in [2.75, 3.05) is 19.8 Å². The summed E-state index contributed by atoms with van der Waals surface area (Å²) in [5.41, 5.74) is 6.79. The van der Waals surface area contributed by atoms with Crippen LogP contribution in [0.3, 0.4) is 0 Å². The summed E-state index contributed by atoms with van der Waals surface area (Å²) < 4.78 is 11.4. The molecule has 1 aliphatic heterocycles. The van der Waals surface area contributed by atoms with Crippen LogP contribution in [0.15, 0.2) is 30.3 Å². The van der Waals surface area contributed by atoms with Gasteiger partial charge >= 0.3 is 0 Å². The molecule has 1 aromatic carbocycles. The van der Waals surface area contributed by atoms with Crippen LogP contribution in [0, 0.1) is 5.92 Å². The topological polar surface area (TPSA) is 44.5 Å². The molecule has 0 bridgehead atoms. The zero-order valence-corrected chi connectivity index (χ0v) is 10.2. The molecule has 1 fully saturated rings. The minimum atomic E-state index is 0.264. The first kappa shape index (κ1) is 12.6. The van der Waals surface area contributed by atoms with Crippen molar-refractivity contribution in [3.8, 4) is 0 Å². The highest BCUT2D eigenvalue weighted by Gasteiger charge is 2.20. The highest BCUT2D eigenvalue weighted by molar-refractivity contribution is 5.13.